The minimum atomic E-state index is -1.03. The molecule has 19 heavy (non-hydrogen) atoms. The predicted octanol–water partition coefficient (Wildman–Crippen LogP) is 2.52. The van der Waals surface area contributed by atoms with Crippen molar-refractivity contribution in [3.8, 4) is 0 Å². The standard InChI is InChI=1S/C13H16N2O2S2/c1-13(17,11-3-2-5-19-11)9-15-12(16)14-7-10-4-6-18-8-10/h2-6,8,17H,7,9H2,1H3,(H2,14,15,16). The third-order valence-electron chi connectivity index (χ3n) is 2.68. The van der Waals surface area contributed by atoms with Gasteiger partial charge in [-0.2, -0.15) is 11.3 Å². The van der Waals surface area contributed by atoms with Gasteiger partial charge in [0.05, 0.1) is 6.54 Å². The summed E-state index contributed by atoms with van der Waals surface area (Å²) in [5.41, 5.74) is 0.0404. The minimum absolute atomic E-state index is 0.184. The normalized spacial score (nSPS) is 13.8. The summed E-state index contributed by atoms with van der Waals surface area (Å²) in [4.78, 5) is 12.5. The van der Waals surface area contributed by atoms with Crippen LogP contribution in [0.15, 0.2) is 34.3 Å². The average molecular weight is 296 g/mol. The van der Waals surface area contributed by atoms with Gasteiger partial charge in [0.2, 0.25) is 0 Å². The number of aliphatic hydroxyl groups is 1. The highest BCUT2D eigenvalue weighted by Crippen LogP contribution is 2.24. The molecule has 0 fully saturated rings. The molecule has 0 aromatic carbocycles. The fraction of sp³-hybridized carbons (Fsp3) is 0.308. The average Bonchev–Trinajstić information content (AvgIpc) is 3.06. The van der Waals surface area contributed by atoms with Gasteiger partial charge < -0.3 is 15.7 Å². The molecule has 4 nitrogen and oxygen atoms in total. The Hall–Kier alpha value is -1.37. The van der Waals surface area contributed by atoms with Crippen LogP contribution in [0.1, 0.15) is 17.4 Å². The second-order valence-electron chi connectivity index (χ2n) is 4.42. The molecule has 2 aromatic rings. The summed E-state index contributed by atoms with van der Waals surface area (Å²) in [6, 6.07) is 5.43. The van der Waals surface area contributed by atoms with E-state index in [9.17, 15) is 9.90 Å². The Morgan fingerprint density at radius 2 is 2.21 bits per heavy atom. The van der Waals surface area contributed by atoms with E-state index in [1.54, 1.807) is 18.3 Å². The summed E-state index contributed by atoms with van der Waals surface area (Å²) in [5, 5.41) is 21.5. The second-order valence-corrected chi connectivity index (χ2v) is 6.15. The SMILES string of the molecule is CC(O)(CNC(=O)NCc1ccsc1)c1cccs1. The monoisotopic (exact) mass is 296 g/mol. The molecule has 0 aliphatic heterocycles. The second kappa shape index (κ2) is 6.18. The van der Waals surface area contributed by atoms with Crippen molar-refractivity contribution in [2.24, 2.45) is 0 Å². The van der Waals surface area contributed by atoms with Gasteiger partial charge in [-0.1, -0.05) is 6.07 Å². The number of hydrogen-bond donors (Lipinski definition) is 3. The van der Waals surface area contributed by atoms with Gasteiger partial charge in [-0.15, -0.1) is 11.3 Å². The first-order valence-electron chi connectivity index (χ1n) is 5.87. The van der Waals surface area contributed by atoms with E-state index in [1.165, 1.54) is 11.3 Å². The smallest absolute Gasteiger partial charge is 0.315 e. The van der Waals surface area contributed by atoms with Crippen molar-refractivity contribution in [2.75, 3.05) is 6.54 Å². The molecule has 2 amide bonds. The van der Waals surface area contributed by atoms with E-state index in [2.05, 4.69) is 10.6 Å². The molecule has 3 N–H and O–H groups in total. The number of carbonyl (C=O) groups excluding carboxylic acids is 1. The van der Waals surface area contributed by atoms with Crippen LogP contribution in [0.5, 0.6) is 0 Å². The number of nitrogens with one attached hydrogen (secondary N) is 2. The fourth-order valence-electron chi connectivity index (χ4n) is 1.56. The summed E-state index contributed by atoms with van der Waals surface area (Å²) >= 11 is 3.07. The van der Waals surface area contributed by atoms with E-state index >= 15 is 0 Å². The van der Waals surface area contributed by atoms with Gasteiger partial charge in [0, 0.05) is 11.4 Å². The topological polar surface area (TPSA) is 61.4 Å². The zero-order valence-corrected chi connectivity index (χ0v) is 12.2. The quantitative estimate of drug-likeness (QED) is 0.794. The van der Waals surface area contributed by atoms with Crippen molar-refractivity contribution in [3.63, 3.8) is 0 Å². The molecular formula is C13H16N2O2S2. The number of rotatable bonds is 5. The summed E-state index contributed by atoms with van der Waals surface area (Å²) < 4.78 is 0. The number of carbonyl (C=O) groups is 1. The Kier molecular flexibility index (Phi) is 4.57. The van der Waals surface area contributed by atoms with Crippen LogP contribution < -0.4 is 10.6 Å². The maximum Gasteiger partial charge on any atom is 0.315 e. The van der Waals surface area contributed by atoms with Crippen LogP contribution in [0.25, 0.3) is 0 Å². The molecule has 2 aromatic heterocycles. The van der Waals surface area contributed by atoms with Gasteiger partial charge in [0.15, 0.2) is 0 Å². The molecular weight excluding hydrogens is 280 g/mol. The largest absolute Gasteiger partial charge is 0.383 e. The Bertz CT molecular complexity index is 507. The van der Waals surface area contributed by atoms with E-state index in [0.29, 0.717) is 6.54 Å². The molecule has 0 saturated carbocycles. The molecule has 102 valence electrons. The minimum Gasteiger partial charge on any atom is -0.383 e. The first kappa shape index (κ1) is 14.0. The summed E-state index contributed by atoms with van der Waals surface area (Å²) in [6.07, 6.45) is 0. The summed E-state index contributed by atoms with van der Waals surface area (Å²) in [7, 11) is 0. The van der Waals surface area contributed by atoms with Crippen LogP contribution in [-0.4, -0.2) is 17.7 Å². The zero-order chi connectivity index (χ0) is 13.7. The Balaban J connectivity index is 1.77. The zero-order valence-electron chi connectivity index (χ0n) is 10.6. The molecule has 2 heterocycles. The van der Waals surface area contributed by atoms with Gasteiger partial charge in [0.25, 0.3) is 0 Å². The third kappa shape index (κ3) is 4.05. The highest BCUT2D eigenvalue weighted by atomic mass is 32.1. The lowest BCUT2D eigenvalue weighted by Crippen LogP contribution is -2.42. The maximum absolute atomic E-state index is 11.6. The number of amides is 2. The molecule has 0 bridgehead atoms. The van der Waals surface area contributed by atoms with E-state index < -0.39 is 5.60 Å². The molecule has 1 unspecified atom stereocenters. The van der Waals surface area contributed by atoms with Crippen LogP contribution in [0.4, 0.5) is 4.79 Å². The molecule has 0 radical (unpaired) electrons. The predicted molar refractivity (Wildman–Crippen MR) is 78.4 cm³/mol. The van der Waals surface area contributed by atoms with Gasteiger partial charge in [-0.3, -0.25) is 0 Å². The molecule has 2 rings (SSSR count). The van der Waals surface area contributed by atoms with Crippen LogP contribution in [0, 0.1) is 0 Å². The molecule has 0 saturated heterocycles. The van der Waals surface area contributed by atoms with Crippen LogP contribution >= 0.6 is 22.7 Å². The van der Waals surface area contributed by atoms with E-state index in [-0.39, 0.29) is 12.6 Å². The summed E-state index contributed by atoms with van der Waals surface area (Å²) in [6.45, 7) is 2.37. The number of urea groups is 1. The Morgan fingerprint density at radius 3 is 2.84 bits per heavy atom. The lowest BCUT2D eigenvalue weighted by molar-refractivity contribution is 0.0631. The van der Waals surface area contributed by atoms with Crippen molar-refractivity contribution in [1.82, 2.24) is 10.6 Å². The highest BCUT2D eigenvalue weighted by molar-refractivity contribution is 7.10. The van der Waals surface area contributed by atoms with Crippen molar-refractivity contribution >= 4 is 28.7 Å². The van der Waals surface area contributed by atoms with Crippen molar-refractivity contribution < 1.29 is 9.90 Å². The number of hydrogen-bond acceptors (Lipinski definition) is 4. The van der Waals surface area contributed by atoms with E-state index in [4.69, 9.17) is 0 Å². The Labute approximate surface area is 120 Å². The van der Waals surface area contributed by atoms with E-state index in [1.807, 2.05) is 34.3 Å². The summed E-state index contributed by atoms with van der Waals surface area (Å²) in [5.74, 6) is 0. The van der Waals surface area contributed by atoms with Gasteiger partial charge in [0.1, 0.15) is 5.60 Å². The Morgan fingerprint density at radius 1 is 1.37 bits per heavy atom. The first-order valence-corrected chi connectivity index (χ1v) is 7.69. The first-order chi connectivity index (χ1) is 9.08. The van der Waals surface area contributed by atoms with Gasteiger partial charge in [-0.25, -0.2) is 4.79 Å². The molecule has 0 spiro atoms. The van der Waals surface area contributed by atoms with Crippen LogP contribution in [-0.2, 0) is 12.1 Å². The molecule has 6 heteroatoms. The van der Waals surface area contributed by atoms with Crippen molar-refractivity contribution in [1.29, 1.82) is 0 Å². The number of thiophene rings is 2. The van der Waals surface area contributed by atoms with Crippen LogP contribution in [0.3, 0.4) is 0 Å². The molecule has 1 atom stereocenters. The maximum atomic E-state index is 11.6. The van der Waals surface area contributed by atoms with Gasteiger partial charge >= 0.3 is 6.03 Å². The van der Waals surface area contributed by atoms with Crippen molar-refractivity contribution in [2.45, 2.75) is 19.1 Å². The third-order valence-corrected chi connectivity index (χ3v) is 4.53. The lowest BCUT2D eigenvalue weighted by Gasteiger charge is -2.22. The molecule has 0 aliphatic rings. The fourth-order valence-corrected chi connectivity index (χ4v) is 3.02. The van der Waals surface area contributed by atoms with Gasteiger partial charge in [-0.05, 0) is 40.8 Å². The van der Waals surface area contributed by atoms with Crippen molar-refractivity contribution in [3.05, 3.63) is 44.8 Å². The van der Waals surface area contributed by atoms with E-state index in [0.717, 1.165) is 10.4 Å². The highest BCUT2D eigenvalue weighted by Gasteiger charge is 2.24. The molecule has 0 aliphatic carbocycles. The van der Waals surface area contributed by atoms with Crippen LogP contribution in [0.2, 0.25) is 0 Å². The lowest BCUT2D eigenvalue weighted by atomic mass is 10.1.